The second-order valence-corrected chi connectivity index (χ2v) is 4.35. The fraction of sp³-hybridized carbons (Fsp3) is 0.462. The van der Waals surface area contributed by atoms with Crippen LogP contribution in [0, 0.1) is 5.82 Å². The summed E-state index contributed by atoms with van der Waals surface area (Å²) >= 11 is 0. The molecule has 0 bridgehead atoms. The standard InChI is InChI=1S/C13H16FNO4/c1-18-7-11(16)15-10-5-6-19-13-8(12(10)17)3-2-4-9(13)14/h2-4,10,12,17H,5-7H2,1H3,(H,15,16). The average Bonchev–Trinajstić information content (AvgIpc) is 2.53. The number of benzene rings is 1. The molecule has 0 spiro atoms. The lowest BCUT2D eigenvalue weighted by atomic mass is 10.00. The van der Waals surface area contributed by atoms with Crippen LogP contribution in [-0.2, 0) is 9.53 Å². The Balaban J connectivity index is 2.19. The van der Waals surface area contributed by atoms with E-state index in [1.165, 1.54) is 19.2 Å². The fourth-order valence-electron chi connectivity index (χ4n) is 2.10. The van der Waals surface area contributed by atoms with Crippen LogP contribution in [0.3, 0.4) is 0 Å². The predicted octanol–water partition coefficient (Wildman–Crippen LogP) is 0.773. The Morgan fingerprint density at radius 3 is 3.16 bits per heavy atom. The van der Waals surface area contributed by atoms with E-state index < -0.39 is 18.0 Å². The molecular formula is C13H16FNO4. The number of carbonyl (C=O) groups is 1. The first-order valence-corrected chi connectivity index (χ1v) is 6.01. The quantitative estimate of drug-likeness (QED) is 0.850. The van der Waals surface area contributed by atoms with Gasteiger partial charge < -0.3 is 19.9 Å². The number of ether oxygens (including phenoxy) is 2. The Kier molecular flexibility index (Phi) is 4.34. The number of amides is 1. The van der Waals surface area contributed by atoms with Crippen molar-refractivity contribution in [3.05, 3.63) is 29.6 Å². The number of aliphatic hydroxyl groups is 1. The molecule has 1 amide bonds. The van der Waals surface area contributed by atoms with E-state index in [-0.39, 0.29) is 24.9 Å². The number of fused-ring (bicyclic) bond motifs is 1. The lowest BCUT2D eigenvalue weighted by molar-refractivity contribution is -0.126. The molecule has 1 heterocycles. The number of hydrogen-bond acceptors (Lipinski definition) is 4. The largest absolute Gasteiger partial charge is 0.490 e. The highest BCUT2D eigenvalue weighted by Crippen LogP contribution is 2.33. The maximum absolute atomic E-state index is 13.6. The van der Waals surface area contributed by atoms with Gasteiger partial charge in [-0.3, -0.25) is 4.79 Å². The van der Waals surface area contributed by atoms with Crippen LogP contribution in [0.5, 0.6) is 5.75 Å². The van der Waals surface area contributed by atoms with Crippen LogP contribution >= 0.6 is 0 Å². The van der Waals surface area contributed by atoms with Crippen molar-refractivity contribution in [1.29, 1.82) is 0 Å². The van der Waals surface area contributed by atoms with Gasteiger partial charge in [-0.1, -0.05) is 12.1 Å². The van der Waals surface area contributed by atoms with Gasteiger partial charge in [0.05, 0.1) is 12.6 Å². The van der Waals surface area contributed by atoms with E-state index in [1.54, 1.807) is 6.07 Å². The first-order valence-electron chi connectivity index (χ1n) is 6.01. The van der Waals surface area contributed by atoms with E-state index in [2.05, 4.69) is 5.32 Å². The van der Waals surface area contributed by atoms with Gasteiger partial charge in [-0.2, -0.15) is 0 Å². The van der Waals surface area contributed by atoms with E-state index in [0.717, 1.165) is 0 Å². The molecule has 1 aromatic rings. The molecule has 5 nitrogen and oxygen atoms in total. The molecule has 0 radical (unpaired) electrons. The third-order valence-corrected chi connectivity index (χ3v) is 2.99. The van der Waals surface area contributed by atoms with Gasteiger partial charge in [0.2, 0.25) is 5.91 Å². The maximum atomic E-state index is 13.6. The highest BCUT2D eigenvalue weighted by Gasteiger charge is 2.29. The van der Waals surface area contributed by atoms with Crippen LogP contribution in [0.4, 0.5) is 4.39 Å². The van der Waals surface area contributed by atoms with E-state index in [0.29, 0.717) is 12.0 Å². The van der Waals surface area contributed by atoms with Gasteiger partial charge in [0, 0.05) is 19.1 Å². The minimum Gasteiger partial charge on any atom is -0.490 e. The summed E-state index contributed by atoms with van der Waals surface area (Å²) < 4.78 is 23.6. The number of rotatable bonds is 3. The molecular weight excluding hydrogens is 253 g/mol. The van der Waals surface area contributed by atoms with Crippen molar-refractivity contribution in [3.8, 4) is 5.75 Å². The molecule has 1 aliphatic rings. The average molecular weight is 269 g/mol. The molecule has 2 atom stereocenters. The Morgan fingerprint density at radius 1 is 1.63 bits per heavy atom. The number of methoxy groups -OCH3 is 1. The lowest BCUT2D eigenvalue weighted by Gasteiger charge is -2.21. The topological polar surface area (TPSA) is 67.8 Å². The summed E-state index contributed by atoms with van der Waals surface area (Å²) in [5, 5.41) is 12.9. The van der Waals surface area contributed by atoms with Crippen molar-refractivity contribution < 1.29 is 23.8 Å². The number of aliphatic hydroxyl groups excluding tert-OH is 1. The van der Waals surface area contributed by atoms with Crippen LogP contribution < -0.4 is 10.1 Å². The molecule has 0 saturated carbocycles. The zero-order valence-electron chi connectivity index (χ0n) is 10.6. The zero-order valence-corrected chi connectivity index (χ0v) is 10.6. The first-order chi connectivity index (χ1) is 9.13. The molecule has 19 heavy (non-hydrogen) atoms. The zero-order chi connectivity index (χ0) is 13.8. The minimum absolute atomic E-state index is 0.0542. The predicted molar refractivity (Wildman–Crippen MR) is 65.3 cm³/mol. The molecule has 0 saturated heterocycles. The smallest absolute Gasteiger partial charge is 0.246 e. The summed E-state index contributed by atoms with van der Waals surface area (Å²) in [5.74, 6) is -0.787. The molecule has 0 aliphatic carbocycles. The second-order valence-electron chi connectivity index (χ2n) is 4.35. The van der Waals surface area contributed by atoms with Crippen LogP contribution in [0.25, 0.3) is 0 Å². The maximum Gasteiger partial charge on any atom is 0.246 e. The van der Waals surface area contributed by atoms with Crippen molar-refractivity contribution in [2.24, 2.45) is 0 Å². The van der Waals surface area contributed by atoms with Crippen molar-refractivity contribution in [1.82, 2.24) is 5.32 Å². The van der Waals surface area contributed by atoms with Crippen LogP contribution in [-0.4, -0.2) is 37.4 Å². The third-order valence-electron chi connectivity index (χ3n) is 2.99. The Labute approximate surface area is 110 Å². The number of carbonyl (C=O) groups excluding carboxylic acids is 1. The normalized spacial score (nSPS) is 22.1. The van der Waals surface area contributed by atoms with Gasteiger partial charge in [0.1, 0.15) is 12.7 Å². The van der Waals surface area contributed by atoms with Crippen LogP contribution in [0.1, 0.15) is 18.1 Å². The summed E-state index contributed by atoms with van der Waals surface area (Å²) in [4.78, 5) is 11.5. The van der Waals surface area contributed by atoms with Crippen molar-refractivity contribution in [3.63, 3.8) is 0 Å². The number of para-hydroxylation sites is 1. The minimum atomic E-state index is -1.01. The molecule has 6 heteroatoms. The van der Waals surface area contributed by atoms with Gasteiger partial charge in [-0.05, 0) is 6.07 Å². The molecule has 104 valence electrons. The fourth-order valence-corrected chi connectivity index (χ4v) is 2.10. The molecule has 1 aromatic carbocycles. The summed E-state index contributed by atoms with van der Waals surface area (Å²) in [5.41, 5.74) is 0.347. The van der Waals surface area contributed by atoms with E-state index >= 15 is 0 Å². The summed E-state index contributed by atoms with van der Waals surface area (Å²) in [7, 11) is 1.41. The van der Waals surface area contributed by atoms with Crippen LogP contribution in [0.2, 0.25) is 0 Å². The molecule has 0 fully saturated rings. The molecule has 1 aliphatic heterocycles. The van der Waals surface area contributed by atoms with Gasteiger partial charge in [0.15, 0.2) is 11.6 Å². The Hall–Kier alpha value is -1.66. The summed E-state index contributed by atoms with van der Waals surface area (Å²) in [6.07, 6.45) is -0.612. The van der Waals surface area contributed by atoms with Crippen molar-refractivity contribution >= 4 is 5.91 Å². The van der Waals surface area contributed by atoms with Crippen molar-refractivity contribution in [2.45, 2.75) is 18.6 Å². The molecule has 2 unspecified atom stereocenters. The Morgan fingerprint density at radius 2 is 2.42 bits per heavy atom. The number of nitrogens with one attached hydrogen (secondary N) is 1. The highest BCUT2D eigenvalue weighted by molar-refractivity contribution is 5.77. The summed E-state index contributed by atoms with van der Waals surface area (Å²) in [6, 6.07) is 3.84. The number of hydrogen-bond donors (Lipinski definition) is 2. The van der Waals surface area contributed by atoms with Gasteiger partial charge >= 0.3 is 0 Å². The lowest BCUT2D eigenvalue weighted by Crippen LogP contribution is -2.41. The molecule has 2 rings (SSSR count). The van der Waals surface area contributed by atoms with Gasteiger partial charge in [-0.15, -0.1) is 0 Å². The Bertz CT molecular complexity index is 466. The molecule has 2 N–H and O–H groups in total. The SMILES string of the molecule is COCC(=O)NC1CCOc2c(F)cccc2C1O. The van der Waals surface area contributed by atoms with E-state index in [4.69, 9.17) is 9.47 Å². The molecule has 0 aromatic heterocycles. The third kappa shape index (κ3) is 3.02. The monoisotopic (exact) mass is 269 g/mol. The highest BCUT2D eigenvalue weighted by atomic mass is 19.1. The van der Waals surface area contributed by atoms with Gasteiger partial charge in [-0.25, -0.2) is 4.39 Å². The van der Waals surface area contributed by atoms with Crippen LogP contribution in [0.15, 0.2) is 18.2 Å². The van der Waals surface area contributed by atoms with E-state index in [9.17, 15) is 14.3 Å². The van der Waals surface area contributed by atoms with Gasteiger partial charge in [0.25, 0.3) is 0 Å². The van der Waals surface area contributed by atoms with E-state index in [1.807, 2.05) is 0 Å². The first kappa shape index (κ1) is 13.8. The van der Waals surface area contributed by atoms with Crippen molar-refractivity contribution in [2.75, 3.05) is 20.3 Å². The second kappa shape index (κ2) is 5.99. The summed E-state index contributed by atoms with van der Waals surface area (Å²) in [6.45, 7) is 0.142. The number of halogens is 1.